The van der Waals surface area contributed by atoms with E-state index in [4.69, 9.17) is 4.74 Å². The van der Waals surface area contributed by atoms with Crippen LogP contribution in [0.1, 0.15) is 26.5 Å². The van der Waals surface area contributed by atoms with Gasteiger partial charge in [0.05, 0.1) is 5.69 Å². The van der Waals surface area contributed by atoms with Gasteiger partial charge in [0.15, 0.2) is 0 Å². The van der Waals surface area contributed by atoms with Crippen LogP contribution >= 0.6 is 0 Å². The lowest BCUT2D eigenvalue weighted by Gasteiger charge is -2.35. The average molecular weight is 439 g/mol. The summed E-state index contributed by atoms with van der Waals surface area (Å²) in [6.45, 7) is 8.63. The number of aromatic nitrogens is 4. The van der Waals surface area contributed by atoms with Crippen LogP contribution in [0.25, 0.3) is 16.9 Å². The lowest BCUT2D eigenvalue weighted by atomic mass is 10.1. The average Bonchev–Trinajstić information content (AvgIpc) is 3.17. The number of piperazine rings is 1. The Morgan fingerprint density at radius 1 is 1.06 bits per heavy atom. The highest BCUT2D eigenvalue weighted by Crippen LogP contribution is 2.27. The first-order valence-electron chi connectivity index (χ1n) is 10.6. The van der Waals surface area contributed by atoms with Crippen LogP contribution in [0.5, 0.6) is 0 Å². The molecule has 9 heteroatoms. The molecule has 3 aromatic rings. The highest BCUT2D eigenvalue weighted by atomic mass is 19.1. The number of para-hydroxylation sites is 1. The highest BCUT2D eigenvalue weighted by molar-refractivity contribution is 5.68. The van der Waals surface area contributed by atoms with Crippen LogP contribution in [0.3, 0.4) is 0 Å². The monoisotopic (exact) mass is 438 g/mol. The number of ether oxygens (including phenoxy) is 1. The van der Waals surface area contributed by atoms with Crippen LogP contribution in [-0.4, -0.2) is 67.7 Å². The van der Waals surface area contributed by atoms with Crippen molar-refractivity contribution in [2.45, 2.75) is 32.9 Å². The fourth-order valence-corrected chi connectivity index (χ4v) is 3.64. The number of carbonyl (C=O) groups is 1. The molecule has 3 heterocycles. The fourth-order valence-electron chi connectivity index (χ4n) is 3.64. The maximum absolute atomic E-state index is 14.5. The van der Waals surface area contributed by atoms with Crippen LogP contribution in [-0.2, 0) is 11.3 Å². The van der Waals surface area contributed by atoms with Crippen LogP contribution in [0.2, 0.25) is 0 Å². The van der Waals surface area contributed by atoms with Crippen LogP contribution < -0.4 is 0 Å². The summed E-state index contributed by atoms with van der Waals surface area (Å²) >= 11 is 0. The standard InChI is InChI=1S/C23H27FN6O2/c1-23(2,3)32-22(31)29-14-12-28(13-15-29)16-19-21(17-8-10-25-11-9-17)30(27-26-19)20-7-5-4-6-18(20)24/h4-11H,12-16H2,1-3H3. The van der Waals surface area contributed by atoms with Gasteiger partial charge in [0, 0.05) is 50.7 Å². The van der Waals surface area contributed by atoms with E-state index in [2.05, 4.69) is 20.2 Å². The second-order valence-corrected chi connectivity index (χ2v) is 8.73. The normalized spacial score (nSPS) is 15.1. The summed E-state index contributed by atoms with van der Waals surface area (Å²) in [7, 11) is 0. The molecule has 0 spiro atoms. The van der Waals surface area contributed by atoms with Gasteiger partial charge >= 0.3 is 6.09 Å². The summed E-state index contributed by atoms with van der Waals surface area (Å²) in [4.78, 5) is 20.3. The van der Waals surface area contributed by atoms with Crippen molar-refractivity contribution in [2.75, 3.05) is 26.2 Å². The second kappa shape index (κ2) is 9.04. The number of halogens is 1. The number of amides is 1. The van der Waals surface area contributed by atoms with E-state index >= 15 is 0 Å². The Bertz CT molecular complexity index is 1070. The summed E-state index contributed by atoms with van der Waals surface area (Å²) in [6.07, 6.45) is 3.09. The molecule has 4 rings (SSSR count). The number of hydrogen-bond acceptors (Lipinski definition) is 6. The Morgan fingerprint density at radius 3 is 2.41 bits per heavy atom. The van der Waals surface area contributed by atoms with E-state index in [0.717, 1.165) is 17.0 Å². The van der Waals surface area contributed by atoms with Gasteiger partial charge in [0.2, 0.25) is 0 Å². The van der Waals surface area contributed by atoms with Crippen LogP contribution in [0.4, 0.5) is 9.18 Å². The molecule has 0 atom stereocenters. The van der Waals surface area contributed by atoms with Crippen LogP contribution in [0.15, 0.2) is 48.8 Å². The van der Waals surface area contributed by atoms with Crippen molar-refractivity contribution in [1.82, 2.24) is 29.8 Å². The molecule has 32 heavy (non-hydrogen) atoms. The molecule has 0 saturated carbocycles. The van der Waals surface area contributed by atoms with Gasteiger partial charge < -0.3 is 9.64 Å². The molecule has 1 saturated heterocycles. The molecular weight excluding hydrogens is 411 g/mol. The zero-order valence-electron chi connectivity index (χ0n) is 18.5. The first kappa shape index (κ1) is 21.9. The van der Waals surface area contributed by atoms with Crippen molar-refractivity contribution < 1.29 is 13.9 Å². The molecule has 2 aromatic heterocycles. The van der Waals surface area contributed by atoms with Crippen molar-refractivity contribution in [2.24, 2.45) is 0 Å². The number of benzene rings is 1. The first-order chi connectivity index (χ1) is 15.3. The predicted molar refractivity (Wildman–Crippen MR) is 118 cm³/mol. The number of carbonyl (C=O) groups excluding carboxylic acids is 1. The van der Waals surface area contributed by atoms with E-state index in [0.29, 0.717) is 38.4 Å². The molecule has 1 amide bonds. The van der Waals surface area contributed by atoms with Gasteiger partial charge in [-0.3, -0.25) is 9.88 Å². The van der Waals surface area contributed by atoms with E-state index in [9.17, 15) is 9.18 Å². The number of nitrogens with zero attached hydrogens (tertiary/aromatic N) is 6. The fraction of sp³-hybridized carbons (Fsp3) is 0.391. The highest BCUT2D eigenvalue weighted by Gasteiger charge is 2.27. The molecule has 0 N–H and O–H groups in total. The molecule has 8 nitrogen and oxygen atoms in total. The molecule has 1 aliphatic heterocycles. The van der Waals surface area contributed by atoms with Gasteiger partial charge in [-0.15, -0.1) is 5.10 Å². The molecule has 0 aliphatic carbocycles. The predicted octanol–water partition coefficient (Wildman–Crippen LogP) is 3.52. The van der Waals surface area contributed by atoms with E-state index in [1.54, 1.807) is 35.5 Å². The molecule has 0 unspecified atom stereocenters. The van der Waals surface area contributed by atoms with Crippen molar-refractivity contribution in [1.29, 1.82) is 0 Å². The Balaban J connectivity index is 1.54. The van der Waals surface area contributed by atoms with Crippen molar-refractivity contribution in [3.05, 3.63) is 60.3 Å². The summed E-state index contributed by atoms with van der Waals surface area (Å²) in [5.74, 6) is -0.370. The topological polar surface area (TPSA) is 76.4 Å². The van der Waals surface area contributed by atoms with Crippen molar-refractivity contribution in [3.8, 4) is 16.9 Å². The minimum absolute atomic E-state index is 0.292. The Hall–Kier alpha value is -3.33. The van der Waals surface area contributed by atoms with E-state index in [1.165, 1.54) is 10.7 Å². The maximum Gasteiger partial charge on any atom is 0.410 e. The van der Waals surface area contributed by atoms with E-state index < -0.39 is 5.60 Å². The molecule has 168 valence electrons. The number of pyridine rings is 1. The number of hydrogen-bond donors (Lipinski definition) is 0. The molecule has 0 radical (unpaired) electrons. The summed E-state index contributed by atoms with van der Waals surface area (Å²) in [5.41, 5.74) is 2.15. The van der Waals surface area contributed by atoms with Gasteiger partial charge in [0.1, 0.15) is 22.8 Å². The van der Waals surface area contributed by atoms with Crippen molar-refractivity contribution >= 4 is 6.09 Å². The smallest absolute Gasteiger partial charge is 0.410 e. The first-order valence-corrected chi connectivity index (χ1v) is 10.6. The van der Waals surface area contributed by atoms with Gasteiger partial charge in [-0.05, 0) is 45.0 Å². The number of rotatable bonds is 4. The molecule has 0 bridgehead atoms. The van der Waals surface area contributed by atoms with E-state index in [1.807, 2.05) is 32.9 Å². The molecular formula is C23H27FN6O2. The van der Waals surface area contributed by atoms with Crippen LogP contribution in [0, 0.1) is 5.82 Å². The summed E-state index contributed by atoms with van der Waals surface area (Å²) < 4.78 is 21.5. The molecule has 1 fully saturated rings. The maximum atomic E-state index is 14.5. The van der Waals surface area contributed by atoms with Gasteiger partial charge in [-0.1, -0.05) is 17.3 Å². The zero-order chi connectivity index (χ0) is 22.7. The Kier molecular flexibility index (Phi) is 6.18. The summed E-state index contributed by atoms with van der Waals surface area (Å²) in [5, 5.41) is 8.65. The quantitative estimate of drug-likeness (QED) is 0.620. The van der Waals surface area contributed by atoms with E-state index in [-0.39, 0.29) is 11.9 Å². The molecule has 1 aromatic carbocycles. The zero-order valence-corrected chi connectivity index (χ0v) is 18.5. The third kappa shape index (κ3) is 4.94. The lowest BCUT2D eigenvalue weighted by Crippen LogP contribution is -2.49. The minimum Gasteiger partial charge on any atom is -0.444 e. The Morgan fingerprint density at radius 2 is 1.75 bits per heavy atom. The SMILES string of the molecule is CC(C)(C)OC(=O)N1CCN(Cc2nnn(-c3ccccc3F)c2-c2ccncc2)CC1. The third-order valence-corrected chi connectivity index (χ3v) is 5.17. The Labute approximate surface area is 186 Å². The summed E-state index contributed by atoms with van der Waals surface area (Å²) in [6, 6.07) is 10.2. The second-order valence-electron chi connectivity index (χ2n) is 8.73. The van der Waals surface area contributed by atoms with Gasteiger partial charge in [-0.2, -0.15) is 0 Å². The minimum atomic E-state index is -0.515. The largest absolute Gasteiger partial charge is 0.444 e. The lowest BCUT2D eigenvalue weighted by molar-refractivity contribution is 0.0138. The molecule has 1 aliphatic rings. The van der Waals surface area contributed by atoms with Gasteiger partial charge in [0.25, 0.3) is 0 Å². The third-order valence-electron chi connectivity index (χ3n) is 5.17. The van der Waals surface area contributed by atoms with Gasteiger partial charge in [-0.25, -0.2) is 13.9 Å². The van der Waals surface area contributed by atoms with Crippen molar-refractivity contribution in [3.63, 3.8) is 0 Å².